The third kappa shape index (κ3) is 5.11. The zero-order chi connectivity index (χ0) is 21.8. The van der Waals surface area contributed by atoms with E-state index < -0.39 is 0 Å². The topological polar surface area (TPSA) is 79.3 Å². The molecule has 1 saturated carbocycles. The number of pyridine rings is 1. The molecule has 2 aromatic heterocycles. The highest BCUT2D eigenvalue weighted by atomic mass is 16.2. The Kier molecular flexibility index (Phi) is 6.32. The maximum Gasteiger partial charge on any atom is 0.251 e. The van der Waals surface area contributed by atoms with Gasteiger partial charge in [0, 0.05) is 41.1 Å². The fraction of sp³-hybridized carbons (Fsp3) is 0.375. The highest BCUT2D eigenvalue weighted by Crippen LogP contribution is 2.31. The first-order chi connectivity index (χ1) is 15.0. The molecule has 2 amide bonds. The number of aromatic nitrogens is 2. The average Bonchev–Trinajstić information content (AvgIpc) is 3.18. The van der Waals surface area contributed by atoms with Crippen LogP contribution in [0, 0.1) is 0 Å². The lowest BCUT2D eigenvalue weighted by Gasteiger charge is -2.30. The van der Waals surface area contributed by atoms with Crippen molar-refractivity contribution in [1.29, 1.82) is 0 Å². The predicted octanol–water partition coefficient (Wildman–Crippen LogP) is 3.45. The van der Waals surface area contributed by atoms with E-state index in [1.54, 1.807) is 29.2 Å². The second kappa shape index (κ2) is 9.31. The molecule has 0 radical (unpaired) electrons. The summed E-state index contributed by atoms with van der Waals surface area (Å²) in [6.07, 6.45) is 7.89. The summed E-state index contributed by atoms with van der Waals surface area (Å²) in [6, 6.07) is 13.8. The van der Waals surface area contributed by atoms with E-state index in [9.17, 15) is 9.59 Å². The number of nitrogens with zero attached hydrogens (tertiary/aromatic N) is 3. The summed E-state index contributed by atoms with van der Waals surface area (Å²) < 4.78 is 2.27. The summed E-state index contributed by atoms with van der Waals surface area (Å²) in [5, 5.41) is 7.16. The Morgan fingerprint density at radius 3 is 2.52 bits per heavy atom. The van der Waals surface area contributed by atoms with Crippen molar-refractivity contribution in [3.05, 3.63) is 60.4 Å². The van der Waals surface area contributed by atoms with Gasteiger partial charge in [0.15, 0.2) is 0 Å². The molecule has 0 spiro atoms. The molecule has 0 aliphatic heterocycles. The van der Waals surface area contributed by atoms with E-state index >= 15 is 0 Å². The smallest absolute Gasteiger partial charge is 0.251 e. The van der Waals surface area contributed by atoms with Gasteiger partial charge in [-0.1, -0.05) is 0 Å². The zero-order valence-corrected chi connectivity index (χ0v) is 18.0. The largest absolute Gasteiger partial charge is 0.349 e. The minimum absolute atomic E-state index is 0.0669. The number of nitrogens with one attached hydrogen (secondary N) is 2. The standard InChI is InChI=1S/C24H29N5O2/c1-28(2)16-22(30)26-19-7-5-18(6-8-19)24(31)27-20-9-11-21(12-10-20)29-15-13-17-4-3-14-25-23(17)29/h3-8,13-15,20-21H,9-12,16H2,1-2H3,(H,26,30)(H,27,31). The molecule has 162 valence electrons. The van der Waals surface area contributed by atoms with E-state index in [4.69, 9.17) is 0 Å². The van der Waals surface area contributed by atoms with Gasteiger partial charge in [0.1, 0.15) is 5.65 Å². The number of benzene rings is 1. The molecule has 3 aromatic rings. The highest BCUT2D eigenvalue weighted by Gasteiger charge is 2.24. The van der Waals surface area contributed by atoms with Crippen molar-refractivity contribution in [2.75, 3.05) is 26.0 Å². The maximum absolute atomic E-state index is 12.7. The molecule has 31 heavy (non-hydrogen) atoms. The summed E-state index contributed by atoms with van der Waals surface area (Å²) in [4.78, 5) is 30.8. The van der Waals surface area contributed by atoms with Gasteiger partial charge >= 0.3 is 0 Å². The molecular formula is C24H29N5O2. The van der Waals surface area contributed by atoms with Gasteiger partial charge in [-0.15, -0.1) is 0 Å². The molecule has 2 N–H and O–H groups in total. The number of carbonyl (C=O) groups is 2. The van der Waals surface area contributed by atoms with Gasteiger partial charge in [-0.2, -0.15) is 0 Å². The van der Waals surface area contributed by atoms with Crippen LogP contribution in [0.15, 0.2) is 54.9 Å². The van der Waals surface area contributed by atoms with Gasteiger partial charge in [0.25, 0.3) is 5.91 Å². The third-order valence-corrected chi connectivity index (χ3v) is 5.79. The fourth-order valence-corrected chi connectivity index (χ4v) is 4.24. The Bertz CT molecular complexity index is 1050. The number of anilines is 1. The molecular weight excluding hydrogens is 390 g/mol. The second-order valence-corrected chi connectivity index (χ2v) is 8.48. The molecule has 0 bridgehead atoms. The van der Waals surface area contributed by atoms with Crippen LogP contribution in [0.1, 0.15) is 42.1 Å². The number of hydrogen-bond acceptors (Lipinski definition) is 4. The van der Waals surface area contributed by atoms with Crippen molar-refractivity contribution in [1.82, 2.24) is 19.8 Å². The molecule has 0 saturated heterocycles. The van der Waals surface area contributed by atoms with Crippen LogP contribution in [-0.2, 0) is 4.79 Å². The van der Waals surface area contributed by atoms with E-state index in [0.717, 1.165) is 31.3 Å². The van der Waals surface area contributed by atoms with Crippen LogP contribution >= 0.6 is 0 Å². The first kappa shape index (κ1) is 21.1. The van der Waals surface area contributed by atoms with E-state index in [-0.39, 0.29) is 17.9 Å². The van der Waals surface area contributed by atoms with Crippen molar-refractivity contribution in [2.45, 2.75) is 37.8 Å². The molecule has 7 nitrogen and oxygen atoms in total. The summed E-state index contributed by atoms with van der Waals surface area (Å²) in [6.45, 7) is 0.319. The van der Waals surface area contributed by atoms with Gasteiger partial charge in [-0.25, -0.2) is 4.98 Å². The minimum atomic E-state index is -0.0790. The van der Waals surface area contributed by atoms with Gasteiger partial charge in [-0.3, -0.25) is 9.59 Å². The molecule has 7 heteroatoms. The number of carbonyl (C=O) groups excluding carboxylic acids is 2. The van der Waals surface area contributed by atoms with Gasteiger partial charge in [0.05, 0.1) is 6.54 Å². The van der Waals surface area contributed by atoms with Crippen molar-refractivity contribution in [3.63, 3.8) is 0 Å². The number of fused-ring (bicyclic) bond motifs is 1. The molecule has 1 fully saturated rings. The Morgan fingerprint density at radius 2 is 1.81 bits per heavy atom. The molecule has 1 aromatic carbocycles. The molecule has 2 heterocycles. The van der Waals surface area contributed by atoms with Crippen LogP contribution in [0.4, 0.5) is 5.69 Å². The van der Waals surface area contributed by atoms with E-state index in [1.165, 1.54) is 5.39 Å². The molecule has 0 atom stereocenters. The van der Waals surface area contributed by atoms with Crippen molar-refractivity contribution in [2.24, 2.45) is 0 Å². The summed E-state index contributed by atoms with van der Waals surface area (Å²) in [5.41, 5.74) is 2.33. The van der Waals surface area contributed by atoms with Gasteiger partial charge < -0.3 is 20.1 Å². The predicted molar refractivity (Wildman–Crippen MR) is 122 cm³/mol. The normalized spacial score (nSPS) is 18.8. The van der Waals surface area contributed by atoms with Crippen LogP contribution in [-0.4, -0.2) is 52.9 Å². The summed E-state index contributed by atoms with van der Waals surface area (Å²) in [7, 11) is 3.69. The van der Waals surface area contributed by atoms with E-state index in [2.05, 4.69) is 38.5 Å². The second-order valence-electron chi connectivity index (χ2n) is 8.48. The molecule has 4 rings (SSSR count). The fourth-order valence-electron chi connectivity index (χ4n) is 4.24. The lowest BCUT2D eigenvalue weighted by molar-refractivity contribution is -0.116. The van der Waals surface area contributed by atoms with Gasteiger partial charge in [0.2, 0.25) is 5.91 Å². The highest BCUT2D eigenvalue weighted by molar-refractivity contribution is 5.96. The number of amides is 2. The van der Waals surface area contributed by atoms with Gasteiger partial charge in [-0.05, 0) is 82.2 Å². The number of rotatable bonds is 6. The van der Waals surface area contributed by atoms with Crippen molar-refractivity contribution < 1.29 is 9.59 Å². The first-order valence-corrected chi connectivity index (χ1v) is 10.8. The number of likely N-dealkylation sites (N-methyl/N-ethyl adjacent to an activating group) is 1. The Morgan fingerprint density at radius 1 is 1.06 bits per heavy atom. The minimum Gasteiger partial charge on any atom is -0.349 e. The van der Waals surface area contributed by atoms with Crippen LogP contribution in [0.3, 0.4) is 0 Å². The lowest BCUT2D eigenvalue weighted by Crippen LogP contribution is -2.38. The Labute approximate surface area is 182 Å². The van der Waals surface area contributed by atoms with Crippen molar-refractivity contribution >= 4 is 28.5 Å². The maximum atomic E-state index is 12.7. The Hall–Kier alpha value is -3.19. The SMILES string of the molecule is CN(C)CC(=O)Nc1ccc(C(=O)NC2CCC(n3ccc4cccnc43)CC2)cc1. The van der Waals surface area contributed by atoms with E-state index in [1.807, 2.05) is 26.4 Å². The van der Waals surface area contributed by atoms with E-state index in [0.29, 0.717) is 23.8 Å². The van der Waals surface area contributed by atoms with Crippen LogP contribution in [0.25, 0.3) is 11.0 Å². The van der Waals surface area contributed by atoms with Crippen LogP contribution in [0.2, 0.25) is 0 Å². The molecule has 1 aliphatic carbocycles. The molecule has 0 unspecified atom stereocenters. The number of hydrogen-bond donors (Lipinski definition) is 2. The van der Waals surface area contributed by atoms with Crippen LogP contribution < -0.4 is 10.6 Å². The van der Waals surface area contributed by atoms with Crippen LogP contribution in [0.5, 0.6) is 0 Å². The quantitative estimate of drug-likeness (QED) is 0.641. The first-order valence-electron chi connectivity index (χ1n) is 10.8. The summed E-state index contributed by atoms with van der Waals surface area (Å²) in [5.74, 6) is -0.146. The van der Waals surface area contributed by atoms with Crippen molar-refractivity contribution in [3.8, 4) is 0 Å². The molecule has 1 aliphatic rings. The Balaban J connectivity index is 1.29. The zero-order valence-electron chi connectivity index (χ0n) is 18.0. The summed E-state index contributed by atoms with van der Waals surface area (Å²) >= 11 is 0. The average molecular weight is 420 g/mol. The lowest BCUT2D eigenvalue weighted by atomic mass is 9.90. The third-order valence-electron chi connectivity index (χ3n) is 5.79. The monoisotopic (exact) mass is 419 g/mol.